The third kappa shape index (κ3) is 3.30. The molecule has 0 aliphatic rings. The van der Waals surface area contributed by atoms with Crippen molar-refractivity contribution in [3.63, 3.8) is 0 Å². The predicted molar refractivity (Wildman–Crippen MR) is 81.2 cm³/mol. The minimum atomic E-state index is 0.525. The molecule has 0 spiro atoms. The van der Waals surface area contributed by atoms with Crippen LogP contribution in [0.1, 0.15) is 24.6 Å². The van der Waals surface area contributed by atoms with Crippen LogP contribution in [0.4, 0.5) is 0 Å². The molecule has 0 bridgehead atoms. The Morgan fingerprint density at radius 1 is 1.33 bits per heavy atom. The lowest BCUT2D eigenvalue weighted by atomic mass is 10.1. The fourth-order valence-electron chi connectivity index (χ4n) is 2.09. The molecular formula is C15H19BrN2. The van der Waals surface area contributed by atoms with Crippen molar-refractivity contribution in [3.8, 4) is 0 Å². The Hall–Kier alpha value is -0.930. The maximum Gasteiger partial charge on any atom is 0.0708 e. The molecule has 0 aliphatic carbocycles. The second kappa shape index (κ2) is 6.30. The van der Waals surface area contributed by atoms with Gasteiger partial charge < -0.3 is 5.32 Å². The van der Waals surface area contributed by atoms with Crippen molar-refractivity contribution < 1.29 is 0 Å². The lowest BCUT2D eigenvalue weighted by molar-refractivity contribution is 0.539. The minimum Gasteiger partial charge on any atom is -0.310 e. The number of hydrogen-bond acceptors (Lipinski definition) is 2. The van der Waals surface area contributed by atoms with E-state index < -0.39 is 0 Å². The number of aromatic nitrogens is 1. The molecule has 0 fully saturated rings. The van der Waals surface area contributed by atoms with Gasteiger partial charge in [-0.2, -0.15) is 0 Å². The molecule has 96 valence electrons. The summed E-state index contributed by atoms with van der Waals surface area (Å²) in [5, 5.41) is 5.85. The number of alkyl halides is 1. The van der Waals surface area contributed by atoms with Crippen LogP contribution in [-0.4, -0.2) is 16.4 Å². The number of benzene rings is 1. The van der Waals surface area contributed by atoms with E-state index in [1.54, 1.807) is 0 Å². The summed E-state index contributed by atoms with van der Waals surface area (Å²) in [5.74, 6) is 0. The molecule has 18 heavy (non-hydrogen) atoms. The Bertz CT molecular complexity index is 525. The largest absolute Gasteiger partial charge is 0.310 e. The summed E-state index contributed by atoms with van der Waals surface area (Å²) in [6.07, 6.45) is 1.14. The monoisotopic (exact) mass is 306 g/mol. The summed E-state index contributed by atoms with van der Waals surface area (Å²) in [7, 11) is 0. The first-order chi connectivity index (χ1) is 8.70. The third-order valence-corrected chi connectivity index (χ3v) is 3.57. The Kier molecular flexibility index (Phi) is 4.72. The highest BCUT2D eigenvalue weighted by Gasteiger charge is 2.05. The van der Waals surface area contributed by atoms with E-state index in [0.29, 0.717) is 6.04 Å². The Balaban J connectivity index is 2.21. The Labute approximate surface area is 117 Å². The van der Waals surface area contributed by atoms with Crippen LogP contribution in [-0.2, 0) is 6.54 Å². The van der Waals surface area contributed by atoms with Crippen LogP contribution < -0.4 is 5.32 Å². The van der Waals surface area contributed by atoms with Crippen molar-refractivity contribution >= 4 is 26.8 Å². The summed E-state index contributed by atoms with van der Waals surface area (Å²) >= 11 is 3.48. The highest BCUT2D eigenvalue weighted by molar-refractivity contribution is 9.09. The van der Waals surface area contributed by atoms with E-state index in [0.717, 1.165) is 29.5 Å². The SMILES string of the molecule is Cc1cc(CNC(C)CCBr)c2ccccc2n1. The zero-order chi connectivity index (χ0) is 13.0. The van der Waals surface area contributed by atoms with Crippen LogP contribution in [0.2, 0.25) is 0 Å². The number of halogens is 1. The smallest absolute Gasteiger partial charge is 0.0708 e. The fourth-order valence-corrected chi connectivity index (χ4v) is 2.78. The molecule has 0 saturated heterocycles. The topological polar surface area (TPSA) is 24.9 Å². The van der Waals surface area contributed by atoms with E-state index in [2.05, 4.69) is 64.3 Å². The van der Waals surface area contributed by atoms with E-state index >= 15 is 0 Å². The first-order valence-electron chi connectivity index (χ1n) is 6.35. The van der Waals surface area contributed by atoms with Gasteiger partial charge in [-0.3, -0.25) is 4.98 Å². The van der Waals surface area contributed by atoms with Gasteiger partial charge in [-0.25, -0.2) is 0 Å². The second-order valence-corrected chi connectivity index (χ2v) is 5.49. The maximum absolute atomic E-state index is 4.56. The maximum atomic E-state index is 4.56. The van der Waals surface area contributed by atoms with Crippen LogP contribution in [0.3, 0.4) is 0 Å². The molecule has 2 aromatic rings. The number of fused-ring (bicyclic) bond motifs is 1. The van der Waals surface area contributed by atoms with Gasteiger partial charge >= 0.3 is 0 Å². The van der Waals surface area contributed by atoms with Crippen molar-refractivity contribution in [1.82, 2.24) is 10.3 Å². The zero-order valence-corrected chi connectivity index (χ0v) is 12.5. The van der Waals surface area contributed by atoms with Crippen molar-refractivity contribution in [1.29, 1.82) is 0 Å². The first-order valence-corrected chi connectivity index (χ1v) is 7.47. The van der Waals surface area contributed by atoms with E-state index in [1.807, 2.05) is 6.07 Å². The molecule has 1 aromatic carbocycles. The molecule has 1 heterocycles. The van der Waals surface area contributed by atoms with Gasteiger partial charge in [-0.15, -0.1) is 0 Å². The molecule has 1 N–H and O–H groups in total. The Morgan fingerprint density at radius 2 is 2.11 bits per heavy atom. The molecule has 0 saturated carbocycles. The fraction of sp³-hybridized carbons (Fsp3) is 0.400. The average molecular weight is 307 g/mol. The summed E-state index contributed by atoms with van der Waals surface area (Å²) in [5.41, 5.74) is 3.50. The van der Waals surface area contributed by atoms with Crippen molar-refractivity contribution in [2.24, 2.45) is 0 Å². The van der Waals surface area contributed by atoms with Crippen molar-refractivity contribution in [2.75, 3.05) is 5.33 Å². The molecule has 0 radical (unpaired) electrons. The van der Waals surface area contributed by atoms with Gasteiger partial charge in [0.25, 0.3) is 0 Å². The number of hydrogen-bond donors (Lipinski definition) is 1. The third-order valence-electron chi connectivity index (χ3n) is 3.11. The second-order valence-electron chi connectivity index (χ2n) is 4.70. The lowest BCUT2D eigenvalue weighted by Gasteiger charge is -2.14. The van der Waals surface area contributed by atoms with Crippen LogP contribution in [0.5, 0.6) is 0 Å². The van der Waals surface area contributed by atoms with Crippen LogP contribution in [0.25, 0.3) is 10.9 Å². The summed E-state index contributed by atoms with van der Waals surface area (Å²) in [4.78, 5) is 4.56. The van der Waals surface area contributed by atoms with Gasteiger partial charge in [0.1, 0.15) is 0 Å². The van der Waals surface area contributed by atoms with Gasteiger partial charge in [-0.1, -0.05) is 34.1 Å². The van der Waals surface area contributed by atoms with E-state index in [4.69, 9.17) is 0 Å². The number of para-hydroxylation sites is 1. The van der Waals surface area contributed by atoms with E-state index in [-0.39, 0.29) is 0 Å². The molecule has 1 aromatic heterocycles. The molecule has 1 unspecified atom stereocenters. The van der Waals surface area contributed by atoms with Crippen molar-refractivity contribution in [3.05, 3.63) is 41.6 Å². The summed E-state index contributed by atoms with van der Waals surface area (Å²) in [6.45, 7) is 5.17. The quantitative estimate of drug-likeness (QED) is 0.850. The summed E-state index contributed by atoms with van der Waals surface area (Å²) in [6, 6.07) is 11.0. The highest BCUT2D eigenvalue weighted by Crippen LogP contribution is 2.18. The van der Waals surface area contributed by atoms with Gasteiger partial charge in [0.15, 0.2) is 0 Å². The first kappa shape index (κ1) is 13.5. The molecule has 3 heteroatoms. The number of pyridine rings is 1. The van der Waals surface area contributed by atoms with Crippen LogP contribution in [0, 0.1) is 6.92 Å². The highest BCUT2D eigenvalue weighted by atomic mass is 79.9. The number of nitrogens with zero attached hydrogens (tertiary/aromatic N) is 1. The zero-order valence-electron chi connectivity index (χ0n) is 10.9. The van der Waals surface area contributed by atoms with Gasteiger partial charge in [0.05, 0.1) is 5.52 Å². The van der Waals surface area contributed by atoms with Gasteiger partial charge in [0.2, 0.25) is 0 Å². The summed E-state index contributed by atoms with van der Waals surface area (Å²) < 4.78 is 0. The molecule has 1 atom stereocenters. The molecule has 0 aliphatic heterocycles. The number of nitrogens with one attached hydrogen (secondary N) is 1. The van der Waals surface area contributed by atoms with E-state index in [1.165, 1.54) is 10.9 Å². The normalized spacial score (nSPS) is 12.8. The minimum absolute atomic E-state index is 0.525. The number of aryl methyl sites for hydroxylation is 1. The number of rotatable bonds is 5. The molecular weight excluding hydrogens is 288 g/mol. The van der Waals surface area contributed by atoms with E-state index in [9.17, 15) is 0 Å². The molecule has 2 nitrogen and oxygen atoms in total. The lowest BCUT2D eigenvalue weighted by Crippen LogP contribution is -2.25. The van der Waals surface area contributed by atoms with Crippen molar-refractivity contribution in [2.45, 2.75) is 32.9 Å². The molecule has 0 amide bonds. The standard InChI is InChI=1S/C15H19BrN2/c1-11(7-8-16)17-10-13-9-12(2)18-15-6-4-3-5-14(13)15/h3-6,9,11,17H,7-8,10H2,1-2H3. The average Bonchev–Trinajstić information content (AvgIpc) is 2.36. The molecule has 2 rings (SSSR count). The van der Waals surface area contributed by atoms with Crippen LogP contribution in [0.15, 0.2) is 30.3 Å². The van der Waals surface area contributed by atoms with Gasteiger partial charge in [0, 0.05) is 29.0 Å². The van der Waals surface area contributed by atoms with Crippen LogP contribution >= 0.6 is 15.9 Å². The Morgan fingerprint density at radius 3 is 2.89 bits per heavy atom. The van der Waals surface area contributed by atoms with Gasteiger partial charge in [-0.05, 0) is 38.0 Å². The predicted octanol–water partition coefficient (Wildman–Crippen LogP) is 3.81.